The van der Waals surface area contributed by atoms with Gasteiger partial charge in [0, 0.05) is 33.7 Å². The van der Waals surface area contributed by atoms with Crippen LogP contribution < -0.4 is 20.2 Å². The summed E-state index contributed by atoms with van der Waals surface area (Å²) in [6, 6.07) is 7.06. The molecule has 0 spiro atoms. The van der Waals surface area contributed by atoms with Gasteiger partial charge in [-0.25, -0.2) is 4.98 Å². The molecule has 6 nitrogen and oxygen atoms in total. The molecule has 144 valence electrons. The van der Waals surface area contributed by atoms with Crippen LogP contribution in [0.25, 0.3) is 6.08 Å². The number of hydrogen-bond donors (Lipinski definition) is 1. The number of pyridine rings is 1. The third-order valence-corrected chi connectivity index (χ3v) is 5.19. The van der Waals surface area contributed by atoms with Crippen LogP contribution in [0, 0.1) is 0 Å². The highest BCUT2D eigenvalue weighted by atomic mass is 79.9. The molecule has 0 aliphatic carbocycles. The number of nitrogens with zero attached hydrogens (tertiary/aromatic N) is 3. The van der Waals surface area contributed by atoms with Gasteiger partial charge in [-0.15, -0.1) is 0 Å². The standard InChI is InChI=1S/C19H15BrCl2N4O2/c1-27-19-17(22)16(28-13-6-10(20)5-11(21)7-13)9-12(24-19)8-15-14-3-2-4-23-18(14)26-25-15/h3,5-7,9H,2,4,8H2,1H3,(H,23,26). The Labute approximate surface area is 179 Å². The summed E-state index contributed by atoms with van der Waals surface area (Å²) in [7, 11) is 1.51. The summed E-state index contributed by atoms with van der Waals surface area (Å²) in [5.41, 5.74) is 2.39. The molecule has 1 aliphatic rings. The number of methoxy groups -OCH3 is 1. The van der Waals surface area contributed by atoms with Gasteiger partial charge in [0.05, 0.1) is 18.5 Å². The average molecular weight is 482 g/mol. The SMILES string of the molecule is COc1nc(Cc2n[nH]c3c2=CCCN=3)cc(Oc2cc(Cl)cc(Br)c2)c1Cl. The maximum Gasteiger partial charge on any atom is 0.236 e. The molecule has 1 aromatic carbocycles. The van der Waals surface area contributed by atoms with Crippen molar-refractivity contribution >= 4 is 45.2 Å². The van der Waals surface area contributed by atoms with Crippen LogP contribution in [0.2, 0.25) is 10.0 Å². The van der Waals surface area contributed by atoms with E-state index in [2.05, 4.69) is 42.2 Å². The van der Waals surface area contributed by atoms with E-state index in [0.29, 0.717) is 28.6 Å². The highest BCUT2D eigenvalue weighted by Crippen LogP contribution is 2.37. The van der Waals surface area contributed by atoms with Crippen LogP contribution in [-0.2, 0) is 6.42 Å². The molecule has 9 heteroatoms. The second-order valence-corrected chi connectivity index (χ2v) is 7.86. The lowest BCUT2D eigenvalue weighted by atomic mass is 10.1. The van der Waals surface area contributed by atoms with Crippen molar-refractivity contribution in [3.63, 3.8) is 0 Å². The van der Waals surface area contributed by atoms with Crippen molar-refractivity contribution < 1.29 is 9.47 Å². The number of aromatic amines is 1. The van der Waals surface area contributed by atoms with Gasteiger partial charge in [0.15, 0.2) is 5.75 Å². The largest absolute Gasteiger partial charge is 0.480 e. The lowest BCUT2D eigenvalue weighted by Crippen LogP contribution is -2.28. The van der Waals surface area contributed by atoms with E-state index in [1.54, 1.807) is 24.3 Å². The van der Waals surface area contributed by atoms with Gasteiger partial charge in [-0.05, 0) is 24.6 Å². The Bertz CT molecular complexity index is 1140. The van der Waals surface area contributed by atoms with Crippen LogP contribution >= 0.6 is 39.1 Å². The molecule has 0 saturated heterocycles. The van der Waals surface area contributed by atoms with Crippen LogP contribution in [0.15, 0.2) is 33.7 Å². The Morgan fingerprint density at radius 2 is 2.07 bits per heavy atom. The summed E-state index contributed by atoms with van der Waals surface area (Å²) in [5.74, 6) is 1.26. The van der Waals surface area contributed by atoms with Crippen LogP contribution in [0.1, 0.15) is 17.8 Å². The van der Waals surface area contributed by atoms with Crippen molar-refractivity contribution in [2.24, 2.45) is 4.99 Å². The van der Waals surface area contributed by atoms with E-state index in [1.807, 2.05) is 0 Å². The number of ether oxygens (including phenoxy) is 2. The fraction of sp³-hybridized carbons (Fsp3) is 0.211. The van der Waals surface area contributed by atoms with Gasteiger partial charge >= 0.3 is 0 Å². The molecule has 3 aromatic rings. The van der Waals surface area contributed by atoms with E-state index in [1.165, 1.54) is 7.11 Å². The third kappa shape index (κ3) is 4.01. The minimum atomic E-state index is 0.285. The minimum absolute atomic E-state index is 0.285. The zero-order valence-electron chi connectivity index (χ0n) is 14.8. The summed E-state index contributed by atoms with van der Waals surface area (Å²) >= 11 is 15.9. The molecular formula is C19H15BrCl2N4O2. The first-order chi connectivity index (χ1) is 13.5. The van der Waals surface area contributed by atoms with Crippen molar-refractivity contribution in [1.82, 2.24) is 15.2 Å². The molecule has 0 saturated carbocycles. The zero-order chi connectivity index (χ0) is 19.7. The van der Waals surface area contributed by atoms with Crippen LogP contribution in [0.5, 0.6) is 17.4 Å². The number of fused-ring (bicyclic) bond motifs is 1. The summed E-state index contributed by atoms with van der Waals surface area (Å²) < 4.78 is 12.1. The highest BCUT2D eigenvalue weighted by molar-refractivity contribution is 9.10. The summed E-state index contributed by atoms with van der Waals surface area (Å²) in [6.07, 6.45) is 3.52. The van der Waals surface area contributed by atoms with E-state index in [4.69, 9.17) is 32.7 Å². The summed E-state index contributed by atoms with van der Waals surface area (Å²) in [5, 5.41) is 9.20. The van der Waals surface area contributed by atoms with Gasteiger partial charge in [-0.2, -0.15) is 5.10 Å². The first-order valence-electron chi connectivity index (χ1n) is 8.49. The number of rotatable bonds is 5. The third-order valence-electron chi connectivity index (χ3n) is 4.16. The van der Waals surface area contributed by atoms with Gasteiger partial charge in [-0.3, -0.25) is 10.1 Å². The molecule has 0 radical (unpaired) electrons. The van der Waals surface area contributed by atoms with Crippen LogP contribution in [-0.4, -0.2) is 28.8 Å². The molecule has 0 amide bonds. The van der Waals surface area contributed by atoms with E-state index < -0.39 is 0 Å². The molecule has 0 fully saturated rings. The maximum absolute atomic E-state index is 6.41. The first-order valence-corrected chi connectivity index (χ1v) is 10.0. The van der Waals surface area contributed by atoms with Crippen molar-refractivity contribution in [2.75, 3.05) is 13.7 Å². The average Bonchev–Trinajstić information content (AvgIpc) is 3.06. The van der Waals surface area contributed by atoms with E-state index in [0.717, 1.165) is 33.8 Å². The normalized spacial score (nSPS) is 12.7. The summed E-state index contributed by atoms with van der Waals surface area (Å²) in [4.78, 5) is 8.92. The van der Waals surface area contributed by atoms with Crippen molar-refractivity contribution in [3.05, 3.63) is 60.9 Å². The fourth-order valence-electron chi connectivity index (χ4n) is 2.95. The Hall–Kier alpha value is -2.09. The number of hydrogen-bond acceptors (Lipinski definition) is 5. The monoisotopic (exact) mass is 480 g/mol. The number of benzene rings is 1. The smallest absolute Gasteiger partial charge is 0.236 e. The number of aromatic nitrogens is 3. The summed E-state index contributed by atoms with van der Waals surface area (Å²) in [6.45, 7) is 0.773. The van der Waals surface area contributed by atoms with E-state index >= 15 is 0 Å². The molecule has 1 N–H and O–H groups in total. The fourth-order valence-corrected chi connectivity index (χ4v) is 3.99. The predicted octanol–water partition coefficient (Wildman–Crippen LogP) is 4.07. The Balaban J connectivity index is 1.71. The molecule has 28 heavy (non-hydrogen) atoms. The molecule has 4 rings (SSSR count). The number of H-pyrrole nitrogens is 1. The van der Waals surface area contributed by atoms with Gasteiger partial charge in [0.25, 0.3) is 0 Å². The van der Waals surface area contributed by atoms with Gasteiger partial charge in [0.1, 0.15) is 16.3 Å². The van der Waals surface area contributed by atoms with E-state index in [-0.39, 0.29) is 10.9 Å². The quantitative estimate of drug-likeness (QED) is 0.596. The second-order valence-electron chi connectivity index (χ2n) is 6.13. The van der Waals surface area contributed by atoms with Crippen molar-refractivity contribution in [3.8, 4) is 17.4 Å². The van der Waals surface area contributed by atoms with E-state index in [9.17, 15) is 0 Å². The molecule has 0 bridgehead atoms. The highest BCUT2D eigenvalue weighted by Gasteiger charge is 2.16. The lowest BCUT2D eigenvalue weighted by molar-refractivity contribution is 0.391. The topological polar surface area (TPSA) is 72.4 Å². The lowest BCUT2D eigenvalue weighted by Gasteiger charge is -2.12. The molecule has 1 aliphatic heterocycles. The molecule has 0 unspecified atom stereocenters. The van der Waals surface area contributed by atoms with Gasteiger partial charge < -0.3 is 9.47 Å². The van der Waals surface area contributed by atoms with Crippen molar-refractivity contribution in [1.29, 1.82) is 0 Å². The molecular weight excluding hydrogens is 467 g/mol. The second kappa shape index (κ2) is 8.11. The van der Waals surface area contributed by atoms with Crippen LogP contribution in [0.4, 0.5) is 0 Å². The Morgan fingerprint density at radius 3 is 2.86 bits per heavy atom. The minimum Gasteiger partial charge on any atom is -0.480 e. The van der Waals surface area contributed by atoms with Crippen molar-refractivity contribution in [2.45, 2.75) is 12.8 Å². The number of nitrogens with one attached hydrogen (secondary N) is 1. The molecule has 0 atom stereocenters. The maximum atomic E-state index is 6.41. The van der Waals surface area contributed by atoms with Gasteiger partial charge in [-0.1, -0.05) is 45.2 Å². The van der Waals surface area contributed by atoms with Crippen LogP contribution in [0.3, 0.4) is 0 Å². The molecule has 3 heterocycles. The Kier molecular flexibility index (Phi) is 5.57. The zero-order valence-corrected chi connectivity index (χ0v) is 17.9. The predicted molar refractivity (Wildman–Crippen MR) is 111 cm³/mol. The first kappa shape index (κ1) is 19.2. The molecule has 2 aromatic heterocycles. The van der Waals surface area contributed by atoms with Gasteiger partial charge in [0.2, 0.25) is 5.88 Å². The Morgan fingerprint density at radius 1 is 1.21 bits per heavy atom. The number of halogens is 3.